The Morgan fingerprint density at radius 2 is 1.90 bits per heavy atom. The van der Waals surface area contributed by atoms with E-state index in [-0.39, 0.29) is 41.1 Å². The number of benzene rings is 2. The van der Waals surface area contributed by atoms with Crippen LogP contribution in [-0.2, 0) is 21.4 Å². The summed E-state index contributed by atoms with van der Waals surface area (Å²) in [6, 6.07) is 9.46. The SMILES string of the molecule is CN(Cc1ccccc1[N+](=O)[O-])C(=O)C1CCN(S(=O)(=O)c2ccc(F)c(Cl)c2)CC1. The molecule has 1 saturated heterocycles. The van der Waals surface area contributed by atoms with Gasteiger partial charge in [0.25, 0.3) is 5.69 Å². The zero-order valence-electron chi connectivity index (χ0n) is 16.7. The van der Waals surface area contributed by atoms with Gasteiger partial charge < -0.3 is 4.90 Å². The Labute approximate surface area is 184 Å². The highest BCUT2D eigenvalue weighted by molar-refractivity contribution is 7.89. The zero-order chi connectivity index (χ0) is 22.8. The van der Waals surface area contributed by atoms with Gasteiger partial charge in [-0.2, -0.15) is 4.31 Å². The minimum absolute atomic E-state index is 0.0546. The molecule has 0 N–H and O–H groups in total. The number of carbonyl (C=O) groups is 1. The highest BCUT2D eigenvalue weighted by Crippen LogP contribution is 2.28. The molecule has 2 aromatic carbocycles. The maximum absolute atomic E-state index is 13.4. The maximum Gasteiger partial charge on any atom is 0.274 e. The molecule has 2 aromatic rings. The van der Waals surface area contributed by atoms with Gasteiger partial charge in [0.2, 0.25) is 15.9 Å². The third kappa shape index (κ3) is 5.03. The lowest BCUT2D eigenvalue weighted by Crippen LogP contribution is -2.43. The standard InChI is InChI=1S/C20H21ClFN3O5S/c1-23(13-15-4-2-3-5-19(15)25(27)28)20(26)14-8-10-24(11-9-14)31(29,30)16-6-7-18(22)17(21)12-16/h2-7,12,14H,8-11,13H2,1H3. The second kappa shape index (κ2) is 9.29. The first-order chi connectivity index (χ1) is 14.6. The summed E-state index contributed by atoms with van der Waals surface area (Å²) in [5.41, 5.74) is 0.373. The van der Waals surface area contributed by atoms with Crippen LogP contribution in [0, 0.1) is 21.8 Å². The Kier molecular flexibility index (Phi) is 6.93. The number of nitro benzene ring substituents is 1. The van der Waals surface area contributed by atoms with Gasteiger partial charge in [-0.15, -0.1) is 0 Å². The molecule has 0 saturated carbocycles. The Bertz CT molecular complexity index is 1100. The summed E-state index contributed by atoms with van der Waals surface area (Å²) in [7, 11) is -2.28. The molecule has 0 aromatic heterocycles. The first-order valence-electron chi connectivity index (χ1n) is 9.53. The number of nitro groups is 1. The molecule has 8 nitrogen and oxygen atoms in total. The van der Waals surface area contributed by atoms with Crippen molar-refractivity contribution in [2.24, 2.45) is 5.92 Å². The number of carbonyl (C=O) groups excluding carboxylic acids is 1. The molecule has 0 atom stereocenters. The van der Waals surface area contributed by atoms with Gasteiger partial charge in [0.05, 0.1) is 21.4 Å². The van der Waals surface area contributed by atoms with E-state index < -0.39 is 26.7 Å². The average Bonchev–Trinajstić information content (AvgIpc) is 2.75. The lowest BCUT2D eigenvalue weighted by atomic mass is 9.96. The molecular formula is C20H21ClFN3O5S. The minimum Gasteiger partial charge on any atom is -0.341 e. The van der Waals surface area contributed by atoms with Gasteiger partial charge in [0.15, 0.2) is 0 Å². The van der Waals surface area contributed by atoms with E-state index in [0.717, 1.165) is 18.2 Å². The zero-order valence-corrected chi connectivity index (χ0v) is 18.3. The van der Waals surface area contributed by atoms with Crippen LogP contribution < -0.4 is 0 Å². The van der Waals surface area contributed by atoms with Crippen molar-refractivity contribution in [2.45, 2.75) is 24.3 Å². The number of nitrogens with zero attached hydrogens (tertiary/aromatic N) is 3. The second-order valence-corrected chi connectivity index (χ2v) is 9.68. The first kappa shape index (κ1) is 23.1. The van der Waals surface area contributed by atoms with Gasteiger partial charge in [-0.1, -0.05) is 29.8 Å². The number of piperidine rings is 1. The van der Waals surface area contributed by atoms with E-state index in [1.807, 2.05) is 0 Å². The number of rotatable bonds is 6. The van der Waals surface area contributed by atoms with Crippen LogP contribution in [-0.4, -0.2) is 48.6 Å². The van der Waals surface area contributed by atoms with E-state index in [4.69, 9.17) is 11.6 Å². The van der Waals surface area contributed by atoms with Crippen LogP contribution in [0.2, 0.25) is 5.02 Å². The Balaban J connectivity index is 1.64. The van der Waals surface area contributed by atoms with E-state index in [1.165, 1.54) is 15.3 Å². The van der Waals surface area contributed by atoms with Crippen LogP contribution in [0.5, 0.6) is 0 Å². The van der Waals surface area contributed by atoms with Gasteiger partial charge in [0, 0.05) is 37.7 Å². The van der Waals surface area contributed by atoms with Crippen LogP contribution in [0.3, 0.4) is 0 Å². The molecule has 0 unspecified atom stereocenters. The van der Waals surface area contributed by atoms with Crippen LogP contribution in [0.25, 0.3) is 0 Å². The molecule has 0 radical (unpaired) electrons. The van der Waals surface area contributed by atoms with Crippen molar-refractivity contribution in [2.75, 3.05) is 20.1 Å². The van der Waals surface area contributed by atoms with Gasteiger partial charge in [-0.3, -0.25) is 14.9 Å². The summed E-state index contributed by atoms with van der Waals surface area (Å²) in [4.78, 5) is 24.8. The fourth-order valence-electron chi connectivity index (χ4n) is 3.60. The van der Waals surface area contributed by atoms with Gasteiger partial charge >= 0.3 is 0 Å². The molecule has 1 amide bonds. The third-order valence-corrected chi connectivity index (χ3v) is 7.49. The number of sulfonamides is 1. The Morgan fingerprint density at radius 3 is 2.52 bits per heavy atom. The highest BCUT2D eigenvalue weighted by Gasteiger charge is 2.33. The van der Waals surface area contributed by atoms with E-state index in [0.29, 0.717) is 18.4 Å². The molecule has 166 valence electrons. The average molecular weight is 470 g/mol. The predicted octanol–water partition coefficient (Wildman–Crippen LogP) is 3.45. The summed E-state index contributed by atoms with van der Waals surface area (Å²) in [6.45, 7) is 0.350. The maximum atomic E-state index is 13.4. The molecule has 0 aliphatic carbocycles. The fourth-order valence-corrected chi connectivity index (χ4v) is 5.34. The number of halogens is 2. The first-order valence-corrected chi connectivity index (χ1v) is 11.4. The van der Waals surface area contributed by atoms with E-state index >= 15 is 0 Å². The molecule has 3 rings (SSSR count). The summed E-state index contributed by atoms with van der Waals surface area (Å²) >= 11 is 5.71. The second-order valence-electron chi connectivity index (χ2n) is 7.33. The lowest BCUT2D eigenvalue weighted by molar-refractivity contribution is -0.385. The molecular weight excluding hydrogens is 449 g/mol. The van der Waals surface area contributed by atoms with Gasteiger partial charge in [0.1, 0.15) is 5.82 Å². The molecule has 0 bridgehead atoms. The summed E-state index contributed by atoms with van der Waals surface area (Å²) in [5, 5.41) is 10.9. The number of hydrogen-bond donors (Lipinski definition) is 0. The predicted molar refractivity (Wildman–Crippen MR) is 112 cm³/mol. The van der Waals surface area contributed by atoms with Crippen molar-refractivity contribution in [3.8, 4) is 0 Å². The van der Waals surface area contributed by atoms with E-state index in [2.05, 4.69) is 0 Å². The van der Waals surface area contributed by atoms with Crippen molar-refractivity contribution in [3.05, 3.63) is 69.0 Å². The van der Waals surface area contributed by atoms with E-state index in [9.17, 15) is 27.7 Å². The van der Waals surface area contributed by atoms with Crippen molar-refractivity contribution in [1.82, 2.24) is 9.21 Å². The number of para-hydroxylation sites is 1. The van der Waals surface area contributed by atoms with Crippen molar-refractivity contribution < 1.29 is 22.5 Å². The van der Waals surface area contributed by atoms with Crippen molar-refractivity contribution in [3.63, 3.8) is 0 Å². The largest absolute Gasteiger partial charge is 0.341 e. The van der Waals surface area contributed by atoms with Crippen LogP contribution in [0.4, 0.5) is 10.1 Å². The fraction of sp³-hybridized carbons (Fsp3) is 0.350. The molecule has 1 heterocycles. The van der Waals surface area contributed by atoms with Gasteiger partial charge in [-0.05, 0) is 31.0 Å². The molecule has 1 aliphatic heterocycles. The molecule has 1 fully saturated rings. The molecule has 31 heavy (non-hydrogen) atoms. The summed E-state index contributed by atoms with van der Waals surface area (Å²) in [6.07, 6.45) is 0.627. The van der Waals surface area contributed by atoms with Crippen LogP contribution in [0.15, 0.2) is 47.4 Å². The van der Waals surface area contributed by atoms with Crippen molar-refractivity contribution in [1.29, 1.82) is 0 Å². The molecule has 0 spiro atoms. The highest BCUT2D eigenvalue weighted by atomic mass is 35.5. The monoisotopic (exact) mass is 469 g/mol. The van der Waals surface area contributed by atoms with E-state index in [1.54, 1.807) is 25.2 Å². The molecule has 1 aliphatic rings. The number of amides is 1. The topological polar surface area (TPSA) is 101 Å². The smallest absolute Gasteiger partial charge is 0.274 e. The Hall–Kier alpha value is -2.56. The lowest BCUT2D eigenvalue weighted by Gasteiger charge is -2.32. The minimum atomic E-state index is -3.85. The third-order valence-electron chi connectivity index (χ3n) is 5.30. The summed E-state index contributed by atoms with van der Waals surface area (Å²) < 4.78 is 40.2. The van der Waals surface area contributed by atoms with Gasteiger partial charge in [-0.25, -0.2) is 12.8 Å². The van der Waals surface area contributed by atoms with Crippen LogP contribution >= 0.6 is 11.6 Å². The Morgan fingerprint density at radius 1 is 1.26 bits per heavy atom. The number of hydrogen-bond acceptors (Lipinski definition) is 5. The molecule has 11 heteroatoms. The van der Waals surface area contributed by atoms with Crippen LogP contribution in [0.1, 0.15) is 18.4 Å². The normalized spacial score (nSPS) is 15.6. The summed E-state index contributed by atoms with van der Waals surface area (Å²) in [5.74, 6) is -1.29. The quantitative estimate of drug-likeness (QED) is 0.476. The van der Waals surface area contributed by atoms with Crippen molar-refractivity contribution >= 4 is 33.2 Å².